The molecular weight excluding hydrogens is 310 g/mol. The van der Waals surface area contributed by atoms with E-state index in [1.54, 1.807) is 0 Å². The molecule has 25 heavy (non-hydrogen) atoms. The van der Waals surface area contributed by atoms with Crippen LogP contribution in [0.5, 0.6) is 0 Å². The third-order valence-corrected chi connectivity index (χ3v) is 4.42. The molecule has 0 heterocycles. The van der Waals surface area contributed by atoms with Crippen molar-refractivity contribution in [1.29, 1.82) is 0 Å². The van der Waals surface area contributed by atoms with Crippen LogP contribution >= 0.6 is 0 Å². The van der Waals surface area contributed by atoms with Crippen LogP contribution in [-0.4, -0.2) is 19.1 Å². The largest absolute Gasteiger partial charge is 0.463 e. The number of ether oxygens (including phenoxy) is 1. The standard InChI is InChI=1S/C22H21NO2/c23-16-21(24)25-17-22(18-10-4-1-5-11-18,19-12-6-2-7-13-19)20-14-8-3-9-15-20/h1-15H,16-17,23H2. The molecular formula is C22H21NO2. The lowest BCUT2D eigenvalue weighted by molar-refractivity contribution is -0.143. The van der Waals surface area contributed by atoms with Crippen molar-refractivity contribution in [2.24, 2.45) is 5.73 Å². The zero-order chi connectivity index (χ0) is 17.5. The fourth-order valence-electron chi connectivity index (χ4n) is 3.17. The Balaban J connectivity index is 2.22. The van der Waals surface area contributed by atoms with Gasteiger partial charge in [-0.3, -0.25) is 4.79 Å². The maximum absolute atomic E-state index is 11.8. The monoisotopic (exact) mass is 331 g/mol. The zero-order valence-electron chi connectivity index (χ0n) is 14.0. The summed E-state index contributed by atoms with van der Waals surface area (Å²) < 4.78 is 5.56. The van der Waals surface area contributed by atoms with E-state index in [2.05, 4.69) is 36.4 Å². The fraction of sp³-hybridized carbons (Fsp3) is 0.136. The van der Waals surface area contributed by atoms with Gasteiger partial charge in [0.05, 0.1) is 12.0 Å². The highest BCUT2D eigenvalue weighted by molar-refractivity contribution is 5.71. The van der Waals surface area contributed by atoms with Crippen LogP contribution in [-0.2, 0) is 14.9 Å². The van der Waals surface area contributed by atoms with Crippen LogP contribution in [0, 0.1) is 0 Å². The second-order valence-electron chi connectivity index (χ2n) is 5.87. The van der Waals surface area contributed by atoms with Gasteiger partial charge in [-0.25, -0.2) is 0 Å². The van der Waals surface area contributed by atoms with Crippen LogP contribution in [0.15, 0.2) is 91.0 Å². The van der Waals surface area contributed by atoms with Crippen molar-refractivity contribution in [3.05, 3.63) is 108 Å². The first-order chi connectivity index (χ1) is 12.3. The van der Waals surface area contributed by atoms with Crippen LogP contribution in [0.2, 0.25) is 0 Å². The quantitative estimate of drug-likeness (QED) is 0.555. The minimum Gasteiger partial charge on any atom is -0.463 e. The first-order valence-electron chi connectivity index (χ1n) is 8.29. The summed E-state index contributed by atoms with van der Waals surface area (Å²) in [4.78, 5) is 11.8. The topological polar surface area (TPSA) is 52.3 Å². The van der Waals surface area contributed by atoms with Crippen molar-refractivity contribution in [3.63, 3.8) is 0 Å². The van der Waals surface area contributed by atoms with Crippen molar-refractivity contribution in [3.8, 4) is 0 Å². The molecule has 0 amide bonds. The number of carbonyl (C=O) groups excluding carboxylic acids is 1. The lowest BCUT2D eigenvalue weighted by Crippen LogP contribution is -2.36. The van der Waals surface area contributed by atoms with Gasteiger partial charge in [0.15, 0.2) is 0 Å². The third-order valence-electron chi connectivity index (χ3n) is 4.42. The molecule has 0 saturated heterocycles. The maximum atomic E-state index is 11.8. The molecule has 0 spiro atoms. The number of benzene rings is 3. The van der Waals surface area contributed by atoms with Crippen molar-refractivity contribution in [1.82, 2.24) is 0 Å². The van der Waals surface area contributed by atoms with E-state index in [4.69, 9.17) is 10.5 Å². The van der Waals surface area contributed by atoms with Gasteiger partial charge in [0.2, 0.25) is 0 Å². The van der Waals surface area contributed by atoms with Crippen LogP contribution in [0.25, 0.3) is 0 Å². The van der Waals surface area contributed by atoms with Gasteiger partial charge in [0.1, 0.15) is 6.61 Å². The summed E-state index contributed by atoms with van der Waals surface area (Å²) >= 11 is 0. The lowest BCUT2D eigenvalue weighted by atomic mass is 9.70. The Morgan fingerprint density at radius 1 is 0.720 bits per heavy atom. The van der Waals surface area contributed by atoms with E-state index < -0.39 is 11.4 Å². The smallest absolute Gasteiger partial charge is 0.319 e. The van der Waals surface area contributed by atoms with Crippen molar-refractivity contribution in [2.45, 2.75) is 5.41 Å². The molecule has 2 N–H and O–H groups in total. The number of nitrogens with two attached hydrogens (primary N) is 1. The molecule has 0 aliphatic heterocycles. The molecule has 0 atom stereocenters. The van der Waals surface area contributed by atoms with E-state index in [-0.39, 0.29) is 13.2 Å². The number of hydrogen-bond acceptors (Lipinski definition) is 3. The van der Waals surface area contributed by atoms with Crippen LogP contribution in [0.4, 0.5) is 0 Å². The van der Waals surface area contributed by atoms with E-state index in [9.17, 15) is 4.79 Å². The Morgan fingerprint density at radius 2 is 1.08 bits per heavy atom. The van der Waals surface area contributed by atoms with Gasteiger partial charge in [0.25, 0.3) is 0 Å². The Kier molecular flexibility index (Phi) is 5.26. The second kappa shape index (κ2) is 7.77. The summed E-state index contributed by atoms with van der Waals surface area (Å²) in [6.45, 7) is 0.0650. The molecule has 0 aliphatic rings. The summed E-state index contributed by atoms with van der Waals surface area (Å²) in [6.07, 6.45) is 0. The highest BCUT2D eigenvalue weighted by Crippen LogP contribution is 2.39. The molecule has 0 saturated carbocycles. The van der Waals surface area contributed by atoms with Gasteiger partial charge in [-0.15, -0.1) is 0 Å². The number of rotatable bonds is 6. The van der Waals surface area contributed by atoms with Gasteiger partial charge >= 0.3 is 5.97 Å². The molecule has 0 unspecified atom stereocenters. The minimum absolute atomic E-state index is 0.131. The van der Waals surface area contributed by atoms with Gasteiger partial charge in [-0.1, -0.05) is 91.0 Å². The summed E-state index contributed by atoms with van der Waals surface area (Å²) in [5, 5.41) is 0. The average Bonchev–Trinajstić information content (AvgIpc) is 2.71. The Bertz CT molecular complexity index is 705. The van der Waals surface area contributed by atoms with Gasteiger partial charge in [0, 0.05) is 0 Å². The van der Waals surface area contributed by atoms with Crippen molar-refractivity contribution in [2.75, 3.05) is 13.2 Å². The number of esters is 1. The SMILES string of the molecule is NCC(=O)OCC(c1ccccc1)(c1ccccc1)c1ccccc1. The van der Waals surface area contributed by atoms with E-state index >= 15 is 0 Å². The Morgan fingerprint density at radius 3 is 1.40 bits per heavy atom. The molecule has 0 bridgehead atoms. The van der Waals surface area contributed by atoms with Crippen LogP contribution < -0.4 is 5.73 Å². The lowest BCUT2D eigenvalue weighted by Gasteiger charge is -2.35. The first kappa shape index (κ1) is 16.9. The third kappa shape index (κ3) is 3.47. The normalized spacial score (nSPS) is 11.1. The van der Waals surface area contributed by atoms with Crippen molar-refractivity contribution >= 4 is 5.97 Å². The second-order valence-corrected chi connectivity index (χ2v) is 5.87. The van der Waals surface area contributed by atoms with E-state index in [1.807, 2.05) is 54.6 Å². The molecule has 126 valence electrons. The molecule has 3 aromatic carbocycles. The fourth-order valence-corrected chi connectivity index (χ4v) is 3.17. The van der Waals surface area contributed by atoms with Gasteiger partial charge in [-0.05, 0) is 16.7 Å². The van der Waals surface area contributed by atoms with Gasteiger partial charge in [-0.2, -0.15) is 0 Å². The molecule has 0 aromatic heterocycles. The highest BCUT2D eigenvalue weighted by atomic mass is 16.5. The number of carbonyl (C=O) groups is 1. The van der Waals surface area contributed by atoms with E-state index in [0.29, 0.717) is 0 Å². The highest BCUT2D eigenvalue weighted by Gasteiger charge is 2.37. The van der Waals surface area contributed by atoms with Gasteiger partial charge < -0.3 is 10.5 Å². The minimum atomic E-state index is -0.589. The summed E-state index contributed by atoms with van der Waals surface area (Å²) in [5.41, 5.74) is 8.05. The van der Waals surface area contributed by atoms with Crippen molar-refractivity contribution < 1.29 is 9.53 Å². The summed E-state index contributed by atoms with van der Waals surface area (Å²) in [5.74, 6) is -0.410. The van der Waals surface area contributed by atoms with Crippen LogP contribution in [0.3, 0.4) is 0 Å². The molecule has 0 aliphatic carbocycles. The molecule has 3 heteroatoms. The predicted molar refractivity (Wildman–Crippen MR) is 99.2 cm³/mol. The Hall–Kier alpha value is -2.91. The molecule has 3 rings (SSSR count). The number of hydrogen-bond donors (Lipinski definition) is 1. The average molecular weight is 331 g/mol. The van der Waals surface area contributed by atoms with E-state index in [1.165, 1.54) is 0 Å². The first-order valence-corrected chi connectivity index (χ1v) is 8.29. The predicted octanol–water partition coefficient (Wildman–Crippen LogP) is 3.52. The summed E-state index contributed by atoms with van der Waals surface area (Å²) in [7, 11) is 0. The molecule has 0 fully saturated rings. The zero-order valence-corrected chi connectivity index (χ0v) is 14.0. The Labute approximate surface area is 148 Å². The summed E-state index contributed by atoms with van der Waals surface area (Å²) in [6, 6.07) is 30.3. The molecule has 3 aromatic rings. The maximum Gasteiger partial charge on any atom is 0.319 e. The van der Waals surface area contributed by atoms with Crippen LogP contribution in [0.1, 0.15) is 16.7 Å². The van der Waals surface area contributed by atoms with E-state index in [0.717, 1.165) is 16.7 Å². The molecule has 3 nitrogen and oxygen atoms in total. The molecule has 0 radical (unpaired) electrons.